The molecule has 1 aromatic heterocycles. The monoisotopic (exact) mass is 356 g/mol. The first kappa shape index (κ1) is 17.0. The largest absolute Gasteiger partial charge is 0.465 e. The molecule has 0 aliphatic rings. The first-order valence-electron chi connectivity index (χ1n) is 6.25. The Balaban J connectivity index is 2.62. The third-order valence-electron chi connectivity index (χ3n) is 3.08. The zero-order chi connectivity index (χ0) is 17.1. The lowest BCUT2D eigenvalue weighted by Gasteiger charge is -2.10. The summed E-state index contributed by atoms with van der Waals surface area (Å²) < 4.78 is 5.53. The number of esters is 1. The van der Waals surface area contributed by atoms with E-state index in [4.69, 9.17) is 23.2 Å². The summed E-state index contributed by atoms with van der Waals surface area (Å²) in [6.07, 6.45) is 1.17. The van der Waals surface area contributed by atoms with Crippen molar-refractivity contribution in [3.05, 3.63) is 72.1 Å². The number of carbonyl (C=O) groups is 1. The topological polar surface area (TPSA) is 91.4 Å². The highest BCUT2D eigenvalue weighted by atomic mass is 35.5. The van der Waals surface area contributed by atoms with Crippen LogP contribution in [0.15, 0.2) is 35.3 Å². The van der Waals surface area contributed by atoms with Gasteiger partial charge in [0.15, 0.2) is 0 Å². The van der Waals surface area contributed by atoms with E-state index >= 15 is 0 Å². The molecular formula is C14H10Cl2N2O5. The number of carbonyl (C=O) groups excluding carboxylic acids is 1. The Labute approximate surface area is 140 Å². The van der Waals surface area contributed by atoms with Gasteiger partial charge in [-0.1, -0.05) is 29.3 Å². The molecule has 0 saturated heterocycles. The van der Waals surface area contributed by atoms with Crippen molar-refractivity contribution in [3.8, 4) is 0 Å². The van der Waals surface area contributed by atoms with Crippen molar-refractivity contribution in [2.24, 2.45) is 0 Å². The number of nitrogens with zero attached hydrogens (tertiary/aromatic N) is 2. The first-order valence-corrected chi connectivity index (χ1v) is 7.00. The molecule has 0 aliphatic heterocycles. The van der Waals surface area contributed by atoms with Crippen LogP contribution in [0.2, 0.25) is 10.0 Å². The van der Waals surface area contributed by atoms with Gasteiger partial charge in [-0.05, 0) is 12.1 Å². The fourth-order valence-corrected chi connectivity index (χ4v) is 2.47. The Morgan fingerprint density at radius 2 is 1.96 bits per heavy atom. The summed E-state index contributed by atoms with van der Waals surface area (Å²) in [5.41, 5.74) is -1.33. The van der Waals surface area contributed by atoms with Gasteiger partial charge in [0.2, 0.25) is 0 Å². The molecule has 0 unspecified atom stereocenters. The van der Waals surface area contributed by atoms with Gasteiger partial charge in [-0.15, -0.1) is 0 Å². The van der Waals surface area contributed by atoms with Crippen molar-refractivity contribution in [3.63, 3.8) is 0 Å². The third-order valence-corrected chi connectivity index (χ3v) is 3.78. The number of benzene rings is 1. The highest BCUT2D eigenvalue weighted by Gasteiger charge is 2.21. The molecule has 9 heteroatoms. The summed E-state index contributed by atoms with van der Waals surface area (Å²) in [7, 11) is 1.13. The van der Waals surface area contributed by atoms with Gasteiger partial charge < -0.3 is 9.30 Å². The average molecular weight is 357 g/mol. The predicted molar refractivity (Wildman–Crippen MR) is 84.3 cm³/mol. The van der Waals surface area contributed by atoms with E-state index in [2.05, 4.69) is 4.74 Å². The van der Waals surface area contributed by atoms with E-state index in [1.54, 1.807) is 18.2 Å². The minimum atomic E-state index is -0.876. The number of hydrogen-bond acceptors (Lipinski definition) is 5. The molecule has 0 fully saturated rings. The Morgan fingerprint density at radius 1 is 1.35 bits per heavy atom. The van der Waals surface area contributed by atoms with Crippen LogP contribution in [0.25, 0.3) is 0 Å². The zero-order valence-electron chi connectivity index (χ0n) is 11.8. The Bertz CT molecular complexity index is 827. The van der Waals surface area contributed by atoms with Gasteiger partial charge in [-0.2, -0.15) is 0 Å². The maximum atomic E-state index is 12.2. The van der Waals surface area contributed by atoms with E-state index in [1.165, 1.54) is 6.20 Å². The van der Waals surface area contributed by atoms with Crippen molar-refractivity contribution in [2.75, 3.05) is 7.11 Å². The van der Waals surface area contributed by atoms with E-state index in [1.807, 2.05) is 0 Å². The Hall–Kier alpha value is -2.38. The quantitative estimate of drug-likeness (QED) is 0.477. The first-order chi connectivity index (χ1) is 10.8. The normalized spacial score (nSPS) is 10.4. The second-order valence-electron chi connectivity index (χ2n) is 4.50. The van der Waals surface area contributed by atoms with Crippen molar-refractivity contribution in [1.82, 2.24) is 4.57 Å². The van der Waals surface area contributed by atoms with Crippen molar-refractivity contribution in [1.29, 1.82) is 0 Å². The number of rotatable bonds is 4. The number of pyridine rings is 1. The van der Waals surface area contributed by atoms with Crippen LogP contribution in [0.1, 0.15) is 15.9 Å². The number of aromatic nitrogens is 1. The molecule has 0 bridgehead atoms. The van der Waals surface area contributed by atoms with Crippen LogP contribution in [0.3, 0.4) is 0 Å². The Kier molecular flexibility index (Phi) is 5.02. The molecular weight excluding hydrogens is 347 g/mol. The molecule has 0 radical (unpaired) electrons. The summed E-state index contributed by atoms with van der Waals surface area (Å²) >= 11 is 12.1. The van der Waals surface area contributed by atoms with E-state index in [0.29, 0.717) is 15.6 Å². The second-order valence-corrected chi connectivity index (χ2v) is 5.31. The standard InChI is InChI=1S/C14H10Cl2N2O5/c1-23-14(20)8-5-12(18(21)22)13(19)17(6-8)7-9-10(15)3-2-4-11(9)16/h2-6H,7H2,1H3. The van der Waals surface area contributed by atoms with Gasteiger partial charge in [0.05, 0.1) is 24.1 Å². The second kappa shape index (κ2) is 6.80. The van der Waals surface area contributed by atoms with E-state index in [0.717, 1.165) is 17.7 Å². The van der Waals surface area contributed by atoms with Gasteiger partial charge >= 0.3 is 17.2 Å². The molecule has 0 atom stereocenters. The van der Waals surface area contributed by atoms with E-state index in [-0.39, 0.29) is 12.1 Å². The number of halogens is 2. The number of nitro groups is 1. The van der Waals surface area contributed by atoms with Crippen LogP contribution in [-0.4, -0.2) is 22.6 Å². The van der Waals surface area contributed by atoms with Crippen LogP contribution < -0.4 is 5.56 Å². The van der Waals surface area contributed by atoms with Gasteiger partial charge in [0.25, 0.3) is 0 Å². The number of methoxy groups -OCH3 is 1. The van der Waals surface area contributed by atoms with Gasteiger partial charge in [0.1, 0.15) is 0 Å². The zero-order valence-corrected chi connectivity index (χ0v) is 13.3. The molecule has 23 heavy (non-hydrogen) atoms. The van der Waals surface area contributed by atoms with Gasteiger partial charge in [-0.3, -0.25) is 14.9 Å². The summed E-state index contributed by atoms with van der Waals surface area (Å²) in [5.74, 6) is -0.799. The predicted octanol–water partition coefficient (Wildman–Crippen LogP) is 2.90. The highest BCUT2D eigenvalue weighted by molar-refractivity contribution is 6.35. The van der Waals surface area contributed by atoms with E-state index < -0.39 is 22.1 Å². The summed E-state index contributed by atoms with van der Waals surface area (Å²) in [4.78, 5) is 34.0. The van der Waals surface area contributed by atoms with Gasteiger partial charge in [0, 0.05) is 27.9 Å². The van der Waals surface area contributed by atoms with Crippen LogP contribution in [0.4, 0.5) is 5.69 Å². The molecule has 7 nitrogen and oxygen atoms in total. The van der Waals surface area contributed by atoms with Crippen LogP contribution in [0.5, 0.6) is 0 Å². The third kappa shape index (κ3) is 3.52. The van der Waals surface area contributed by atoms with Crippen LogP contribution in [0, 0.1) is 10.1 Å². The minimum absolute atomic E-state index is 0.122. The smallest absolute Gasteiger partial charge is 0.339 e. The van der Waals surface area contributed by atoms with Crippen LogP contribution in [-0.2, 0) is 11.3 Å². The SMILES string of the molecule is COC(=O)c1cc([N+](=O)[O-])c(=O)n(Cc2c(Cl)cccc2Cl)c1. The fraction of sp³-hybridized carbons (Fsp3) is 0.143. The molecule has 0 aliphatic carbocycles. The maximum absolute atomic E-state index is 12.2. The molecule has 0 amide bonds. The molecule has 0 N–H and O–H groups in total. The molecule has 1 heterocycles. The van der Waals surface area contributed by atoms with Crippen molar-refractivity contribution < 1.29 is 14.5 Å². The van der Waals surface area contributed by atoms with E-state index in [9.17, 15) is 19.7 Å². The molecule has 120 valence electrons. The van der Waals surface area contributed by atoms with Gasteiger partial charge in [-0.25, -0.2) is 4.79 Å². The molecule has 2 rings (SSSR count). The van der Waals surface area contributed by atoms with Crippen LogP contribution >= 0.6 is 23.2 Å². The summed E-state index contributed by atoms with van der Waals surface area (Å²) in [6.45, 7) is -0.122. The fourth-order valence-electron chi connectivity index (χ4n) is 1.95. The van der Waals surface area contributed by atoms with Crippen molar-refractivity contribution in [2.45, 2.75) is 6.54 Å². The highest BCUT2D eigenvalue weighted by Crippen LogP contribution is 2.25. The molecule has 2 aromatic rings. The number of ether oxygens (including phenoxy) is 1. The molecule has 0 spiro atoms. The lowest BCUT2D eigenvalue weighted by Crippen LogP contribution is -2.25. The molecule has 0 saturated carbocycles. The van der Waals surface area contributed by atoms with Crippen molar-refractivity contribution >= 4 is 34.9 Å². The Morgan fingerprint density at radius 3 is 2.48 bits per heavy atom. The summed E-state index contributed by atoms with van der Waals surface area (Å²) in [6, 6.07) is 5.65. The lowest BCUT2D eigenvalue weighted by molar-refractivity contribution is -0.386. The lowest BCUT2D eigenvalue weighted by atomic mass is 10.2. The summed E-state index contributed by atoms with van der Waals surface area (Å²) in [5, 5.41) is 11.6. The minimum Gasteiger partial charge on any atom is -0.465 e. The number of hydrogen-bond donors (Lipinski definition) is 0. The molecule has 1 aromatic carbocycles. The maximum Gasteiger partial charge on any atom is 0.339 e. The average Bonchev–Trinajstić information content (AvgIpc) is 2.51.